The smallest absolute Gasteiger partial charge is 0.246 e. The molecule has 1 aliphatic rings. The Morgan fingerprint density at radius 3 is 2.88 bits per heavy atom. The standard InChI is InChI=1S/C8H12N6O2/c1-5-8(16)14(7(15)3-9-5)4-6-10-12-13(2)11-6/h5,9H,3-4H2,1-2H3. The van der Waals surface area contributed by atoms with Crippen LogP contribution in [-0.4, -0.2) is 49.5 Å². The maximum Gasteiger partial charge on any atom is 0.246 e. The lowest BCUT2D eigenvalue weighted by Crippen LogP contribution is -2.56. The Balaban J connectivity index is 2.13. The summed E-state index contributed by atoms with van der Waals surface area (Å²) >= 11 is 0. The molecule has 8 heteroatoms. The van der Waals surface area contributed by atoms with Gasteiger partial charge in [-0.3, -0.25) is 19.8 Å². The number of aryl methyl sites for hydroxylation is 1. The van der Waals surface area contributed by atoms with E-state index in [0.29, 0.717) is 5.82 Å². The number of carbonyl (C=O) groups excluding carboxylic acids is 2. The van der Waals surface area contributed by atoms with Crippen molar-refractivity contribution in [3.8, 4) is 0 Å². The maximum atomic E-state index is 11.7. The van der Waals surface area contributed by atoms with Gasteiger partial charge in [0.1, 0.15) is 0 Å². The number of hydrogen-bond acceptors (Lipinski definition) is 6. The molecule has 0 aliphatic carbocycles. The summed E-state index contributed by atoms with van der Waals surface area (Å²) in [4.78, 5) is 25.7. The van der Waals surface area contributed by atoms with Crippen LogP contribution in [0.5, 0.6) is 0 Å². The Morgan fingerprint density at radius 1 is 1.50 bits per heavy atom. The summed E-state index contributed by atoms with van der Waals surface area (Å²) in [5, 5.41) is 14.1. The highest BCUT2D eigenvalue weighted by Gasteiger charge is 2.31. The number of carbonyl (C=O) groups is 2. The SMILES string of the molecule is CC1NCC(=O)N(Cc2nnn(C)n2)C1=O. The van der Waals surface area contributed by atoms with Gasteiger partial charge in [0.15, 0.2) is 5.82 Å². The van der Waals surface area contributed by atoms with Crippen LogP contribution < -0.4 is 5.32 Å². The quantitative estimate of drug-likeness (QED) is 0.587. The molecule has 1 unspecified atom stereocenters. The Bertz CT molecular complexity index is 428. The zero-order valence-corrected chi connectivity index (χ0v) is 9.04. The third kappa shape index (κ3) is 1.91. The molecule has 86 valence electrons. The molecule has 1 aromatic rings. The van der Waals surface area contributed by atoms with Gasteiger partial charge in [0.25, 0.3) is 0 Å². The topological polar surface area (TPSA) is 93.0 Å². The molecule has 1 N–H and O–H groups in total. The molecular formula is C8H12N6O2. The molecule has 1 fully saturated rings. The highest BCUT2D eigenvalue weighted by atomic mass is 16.2. The van der Waals surface area contributed by atoms with Crippen LogP contribution in [0.3, 0.4) is 0 Å². The van der Waals surface area contributed by atoms with Crippen LogP contribution in [0.2, 0.25) is 0 Å². The monoisotopic (exact) mass is 224 g/mol. The minimum atomic E-state index is -0.352. The number of rotatable bonds is 2. The van der Waals surface area contributed by atoms with Crippen molar-refractivity contribution in [2.45, 2.75) is 19.5 Å². The molecule has 2 amide bonds. The van der Waals surface area contributed by atoms with Crippen molar-refractivity contribution in [1.82, 2.24) is 30.4 Å². The minimum absolute atomic E-state index is 0.0809. The zero-order chi connectivity index (χ0) is 11.7. The number of tetrazole rings is 1. The fourth-order valence-electron chi connectivity index (χ4n) is 1.47. The molecule has 0 saturated carbocycles. The van der Waals surface area contributed by atoms with Crippen LogP contribution >= 0.6 is 0 Å². The van der Waals surface area contributed by atoms with Gasteiger partial charge in [-0.2, -0.15) is 4.80 Å². The molecule has 8 nitrogen and oxygen atoms in total. The van der Waals surface area contributed by atoms with Gasteiger partial charge < -0.3 is 0 Å². The number of imide groups is 1. The van der Waals surface area contributed by atoms with Crippen molar-refractivity contribution in [3.63, 3.8) is 0 Å². The largest absolute Gasteiger partial charge is 0.298 e. The second-order valence-corrected chi connectivity index (χ2v) is 3.62. The zero-order valence-electron chi connectivity index (χ0n) is 9.04. The van der Waals surface area contributed by atoms with E-state index in [-0.39, 0.29) is 30.9 Å². The lowest BCUT2D eigenvalue weighted by atomic mass is 10.2. The predicted octanol–water partition coefficient (Wildman–Crippen LogP) is -1.94. The molecule has 2 rings (SSSR count). The van der Waals surface area contributed by atoms with Gasteiger partial charge in [-0.15, -0.1) is 10.2 Å². The third-order valence-corrected chi connectivity index (χ3v) is 2.35. The number of amides is 2. The van der Waals surface area contributed by atoms with E-state index in [4.69, 9.17) is 0 Å². The van der Waals surface area contributed by atoms with Crippen molar-refractivity contribution in [1.29, 1.82) is 0 Å². The predicted molar refractivity (Wildman–Crippen MR) is 51.8 cm³/mol. The summed E-state index contributed by atoms with van der Waals surface area (Å²) in [6.45, 7) is 1.95. The fourth-order valence-corrected chi connectivity index (χ4v) is 1.47. The molecule has 16 heavy (non-hydrogen) atoms. The second-order valence-electron chi connectivity index (χ2n) is 3.62. The van der Waals surface area contributed by atoms with E-state index in [1.54, 1.807) is 14.0 Å². The van der Waals surface area contributed by atoms with Gasteiger partial charge in [0.05, 0.1) is 26.2 Å². The molecule has 0 radical (unpaired) electrons. The summed E-state index contributed by atoms with van der Waals surface area (Å²) in [7, 11) is 1.63. The summed E-state index contributed by atoms with van der Waals surface area (Å²) in [6.07, 6.45) is 0. The van der Waals surface area contributed by atoms with Gasteiger partial charge in [0, 0.05) is 0 Å². The van der Waals surface area contributed by atoms with Crippen LogP contribution in [0, 0.1) is 0 Å². The molecule has 2 heterocycles. The summed E-state index contributed by atoms with van der Waals surface area (Å²) in [6, 6.07) is -0.352. The van der Waals surface area contributed by atoms with Gasteiger partial charge in [-0.25, -0.2) is 0 Å². The normalized spacial score (nSPS) is 21.6. The minimum Gasteiger partial charge on any atom is -0.298 e. The lowest BCUT2D eigenvalue weighted by Gasteiger charge is -2.28. The van der Waals surface area contributed by atoms with Crippen LogP contribution in [-0.2, 0) is 23.2 Å². The average Bonchev–Trinajstić information content (AvgIpc) is 2.65. The summed E-state index contributed by atoms with van der Waals surface area (Å²) < 4.78 is 0. The van der Waals surface area contributed by atoms with Crippen molar-refractivity contribution in [2.24, 2.45) is 7.05 Å². The number of aromatic nitrogens is 4. The fraction of sp³-hybridized carbons (Fsp3) is 0.625. The Hall–Kier alpha value is -1.83. The Morgan fingerprint density at radius 2 is 2.25 bits per heavy atom. The van der Waals surface area contributed by atoms with E-state index < -0.39 is 0 Å². The first-order valence-corrected chi connectivity index (χ1v) is 4.88. The van der Waals surface area contributed by atoms with Crippen LogP contribution in [0.1, 0.15) is 12.7 Å². The molecular weight excluding hydrogens is 212 g/mol. The van der Waals surface area contributed by atoms with E-state index in [9.17, 15) is 9.59 Å². The van der Waals surface area contributed by atoms with Crippen LogP contribution in [0.25, 0.3) is 0 Å². The Labute approximate surface area is 91.6 Å². The molecule has 1 atom stereocenters. The van der Waals surface area contributed by atoms with E-state index in [1.807, 2.05) is 0 Å². The van der Waals surface area contributed by atoms with Crippen LogP contribution in [0.4, 0.5) is 0 Å². The number of piperazine rings is 1. The van der Waals surface area contributed by atoms with Crippen molar-refractivity contribution >= 4 is 11.8 Å². The number of nitrogens with zero attached hydrogens (tertiary/aromatic N) is 5. The maximum absolute atomic E-state index is 11.7. The number of hydrogen-bond donors (Lipinski definition) is 1. The Kier molecular flexibility index (Phi) is 2.65. The lowest BCUT2D eigenvalue weighted by molar-refractivity contribution is -0.149. The van der Waals surface area contributed by atoms with Gasteiger partial charge in [-0.05, 0) is 12.1 Å². The van der Waals surface area contributed by atoms with E-state index in [2.05, 4.69) is 20.7 Å². The molecule has 0 bridgehead atoms. The first kappa shape index (κ1) is 10.7. The van der Waals surface area contributed by atoms with Crippen LogP contribution in [0.15, 0.2) is 0 Å². The third-order valence-electron chi connectivity index (χ3n) is 2.35. The van der Waals surface area contributed by atoms with Gasteiger partial charge in [-0.1, -0.05) is 0 Å². The summed E-state index contributed by atoms with van der Waals surface area (Å²) in [5.41, 5.74) is 0. The van der Waals surface area contributed by atoms with E-state index in [0.717, 1.165) is 4.90 Å². The molecule has 1 saturated heterocycles. The molecule has 0 spiro atoms. The molecule has 1 aromatic heterocycles. The van der Waals surface area contributed by atoms with Crippen molar-refractivity contribution < 1.29 is 9.59 Å². The highest BCUT2D eigenvalue weighted by Crippen LogP contribution is 2.05. The average molecular weight is 224 g/mol. The highest BCUT2D eigenvalue weighted by molar-refractivity contribution is 6.00. The van der Waals surface area contributed by atoms with E-state index >= 15 is 0 Å². The molecule has 1 aliphatic heterocycles. The molecule has 0 aromatic carbocycles. The second kappa shape index (κ2) is 3.97. The van der Waals surface area contributed by atoms with Gasteiger partial charge >= 0.3 is 0 Å². The number of nitrogens with one attached hydrogen (secondary N) is 1. The first-order chi connectivity index (χ1) is 7.58. The first-order valence-electron chi connectivity index (χ1n) is 4.88. The summed E-state index contributed by atoms with van der Waals surface area (Å²) in [5.74, 6) is -0.169. The van der Waals surface area contributed by atoms with Crippen molar-refractivity contribution in [2.75, 3.05) is 6.54 Å². The van der Waals surface area contributed by atoms with Gasteiger partial charge in [0.2, 0.25) is 11.8 Å². The van der Waals surface area contributed by atoms with E-state index in [1.165, 1.54) is 4.80 Å². The van der Waals surface area contributed by atoms with Crippen molar-refractivity contribution in [3.05, 3.63) is 5.82 Å².